The summed E-state index contributed by atoms with van der Waals surface area (Å²) in [4.78, 5) is 0. The average molecular weight is 356 g/mol. The molecule has 3 rings (SSSR count). The fraction of sp³-hybridized carbons (Fsp3) is 0.700. The second-order valence-corrected chi connectivity index (χ2v) is 9.20. The Labute approximate surface area is 127 Å². The van der Waals surface area contributed by atoms with Crippen LogP contribution in [-0.2, 0) is 20.0 Å². The van der Waals surface area contributed by atoms with E-state index in [1.54, 1.807) is 0 Å². The second-order valence-electron chi connectivity index (χ2n) is 5.06. The molecule has 118 valence electrons. The predicted octanol–water partition coefficient (Wildman–Crippen LogP) is 0.129. The quantitative estimate of drug-likeness (QED) is 0.825. The standard InChI is InChI=1S/C10H14ClN3O5S2/c11-8-9(7-1-2-7)13-19-10(8)21(17,18)14-4-3-12-20(15,16)6-5-14/h7,12H,1-6H2. The van der Waals surface area contributed by atoms with Gasteiger partial charge in [-0.2, -0.15) is 4.31 Å². The molecule has 0 atom stereocenters. The van der Waals surface area contributed by atoms with E-state index in [2.05, 4.69) is 9.88 Å². The summed E-state index contributed by atoms with van der Waals surface area (Å²) < 4.78 is 56.2. The molecule has 2 aliphatic rings. The van der Waals surface area contributed by atoms with Gasteiger partial charge >= 0.3 is 0 Å². The molecule has 0 aromatic carbocycles. The number of sulfonamides is 2. The SMILES string of the molecule is O=S1(=O)CCN(S(=O)(=O)c2onc(C3CC3)c2Cl)CCN1. The van der Waals surface area contributed by atoms with E-state index < -0.39 is 25.1 Å². The summed E-state index contributed by atoms with van der Waals surface area (Å²) in [6.07, 6.45) is 1.83. The van der Waals surface area contributed by atoms with Crippen LogP contribution in [0.1, 0.15) is 24.5 Å². The number of hydrogen-bond donors (Lipinski definition) is 1. The van der Waals surface area contributed by atoms with Crippen LogP contribution in [0.2, 0.25) is 5.02 Å². The molecule has 11 heteroatoms. The van der Waals surface area contributed by atoms with E-state index in [1.165, 1.54) is 0 Å². The fourth-order valence-corrected chi connectivity index (χ4v) is 5.13. The zero-order valence-electron chi connectivity index (χ0n) is 11.0. The Bertz CT molecular complexity index is 754. The van der Waals surface area contributed by atoms with Crippen LogP contribution in [0.15, 0.2) is 9.62 Å². The molecule has 0 bridgehead atoms. The van der Waals surface area contributed by atoms with E-state index in [0.29, 0.717) is 5.69 Å². The minimum Gasteiger partial charge on any atom is -0.341 e. The van der Waals surface area contributed by atoms with E-state index in [9.17, 15) is 16.8 Å². The van der Waals surface area contributed by atoms with Crippen LogP contribution in [0, 0.1) is 0 Å². The number of nitrogens with one attached hydrogen (secondary N) is 1. The first-order valence-electron chi connectivity index (χ1n) is 6.44. The van der Waals surface area contributed by atoms with Crippen LogP contribution < -0.4 is 4.72 Å². The van der Waals surface area contributed by atoms with Crippen molar-refractivity contribution in [2.24, 2.45) is 0 Å². The average Bonchev–Trinajstić information content (AvgIpc) is 3.17. The Balaban J connectivity index is 1.89. The molecule has 2 fully saturated rings. The number of halogens is 1. The first kappa shape index (κ1) is 15.2. The Hall–Kier alpha value is -0.680. The minimum absolute atomic E-state index is 0.0116. The van der Waals surface area contributed by atoms with Crippen molar-refractivity contribution in [3.63, 3.8) is 0 Å². The highest BCUT2D eigenvalue weighted by molar-refractivity contribution is 7.90. The molecular weight excluding hydrogens is 342 g/mol. The highest BCUT2D eigenvalue weighted by Crippen LogP contribution is 2.44. The van der Waals surface area contributed by atoms with Crippen molar-refractivity contribution in [1.29, 1.82) is 0 Å². The molecule has 1 aromatic heterocycles. The Morgan fingerprint density at radius 1 is 1.33 bits per heavy atom. The van der Waals surface area contributed by atoms with Gasteiger partial charge in [-0.25, -0.2) is 21.6 Å². The van der Waals surface area contributed by atoms with Gasteiger partial charge in [0.15, 0.2) is 0 Å². The molecule has 21 heavy (non-hydrogen) atoms. The lowest BCUT2D eigenvalue weighted by Crippen LogP contribution is -2.34. The van der Waals surface area contributed by atoms with E-state index in [-0.39, 0.29) is 36.3 Å². The lowest BCUT2D eigenvalue weighted by molar-refractivity contribution is 0.320. The van der Waals surface area contributed by atoms with Gasteiger partial charge in [-0.15, -0.1) is 0 Å². The minimum atomic E-state index is -3.98. The van der Waals surface area contributed by atoms with E-state index in [0.717, 1.165) is 17.1 Å². The van der Waals surface area contributed by atoms with Crippen molar-refractivity contribution < 1.29 is 21.4 Å². The fourth-order valence-electron chi connectivity index (χ4n) is 2.14. The summed E-state index contributed by atoms with van der Waals surface area (Å²) in [6.45, 7) is -0.104. The van der Waals surface area contributed by atoms with Crippen molar-refractivity contribution in [2.75, 3.05) is 25.4 Å². The van der Waals surface area contributed by atoms with Crippen molar-refractivity contribution in [1.82, 2.24) is 14.2 Å². The lowest BCUT2D eigenvalue weighted by atomic mass is 10.3. The first-order valence-corrected chi connectivity index (χ1v) is 9.91. The van der Waals surface area contributed by atoms with Crippen LogP contribution in [0.25, 0.3) is 0 Å². The third-order valence-electron chi connectivity index (χ3n) is 3.46. The maximum atomic E-state index is 12.5. The van der Waals surface area contributed by atoms with Gasteiger partial charge in [-0.3, -0.25) is 0 Å². The second kappa shape index (κ2) is 5.20. The van der Waals surface area contributed by atoms with Gasteiger partial charge in [-0.1, -0.05) is 16.8 Å². The smallest absolute Gasteiger partial charge is 0.284 e. The van der Waals surface area contributed by atoms with E-state index in [4.69, 9.17) is 16.1 Å². The Morgan fingerprint density at radius 2 is 2.05 bits per heavy atom. The van der Waals surface area contributed by atoms with Gasteiger partial charge in [0.25, 0.3) is 15.1 Å². The number of rotatable bonds is 3. The molecule has 1 N–H and O–H groups in total. The van der Waals surface area contributed by atoms with Gasteiger partial charge in [0.1, 0.15) is 10.7 Å². The number of hydrogen-bond acceptors (Lipinski definition) is 6. The maximum absolute atomic E-state index is 12.5. The number of aromatic nitrogens is 1. The molecule has 8 nitrogen and oxygen atoms in total. The van der Waals surface area contributed by atoms with E-state index in [1.807, 2.05) is 0 Å². The normalized spacial score (nSPS) is 23.9. The molecule has 1 aliphatic carbocycles. The van der Waals surface area contributed by atoms with Crippen molar-refractivity contribution in [3.05, 3.63) is 10.7 Å². The molecule has 0 amide bonds. The van der Waals surface area contributed by atoms with Crippen LogP contribution >= 0.6 is 11.6 Å². The monoisotopic (exact) mass is 355 g/mol. The van der Waals surface area contributed by atoms with E-state index >= 15 is 0 Å². The maximum Gasteiger partial charge on any atom is 0.284 e. The molecule has 2 heterocycles. The molecule has 1 aromatic rings. The molecule has 1 saturated heterocycles. The predicted molar refractivity (Wildman–Crippen MR) is 74.0 cm³/mol. The zero-order valence-corrected chi connectivity index (χ0v) is 13.3. The zero-order chi connectivity index (χ0) is 15.3. The molecular formula is C10H14ClN3O5S2. The lowest BCUT2D eigenvalue weighted by Gasteiger charge is -2.16. The molecule has 0 radical (unpaired) electrons. The largest absolute Gasteiger partial charge is 0.341 e. The van der Waals surface area contributed by atoms with Gasteiger partial charge in [0, 0.05) is 25.6 Å². The third-order valence-corrected chi connectivity index (χ3v) is 7.10. The van der Waals surface area contributed by atoms with Crippen LogP contribution in [0.4, 0.5) is 0 Å². The summed E-state index contributed by atoms with van der Waals surface area (Å²) in [5.41, 5.74) is 0.468. The van der Waals surface area contributed by atoms with Gasteiger partial charge < -0.3 is 4.52 Å². The summed E-state index contributed by atoms with van der Waals surface area (Å²) in [7, 11) is -7.42. The molecule has 1 aliphatic heterocycles. The van der Waals surface area contributed by atoms with Gasteiger partial charge in [-0.05, 0) is 12.8 Å². The van der Waals surface area contributed by atoms with Gasteiger partial charge in [0.05, 0.1) is 5.75 Å². The highest BCUT2D eigenvalue weighted by atomic mass is 35.5. The summed E-state index contributed by atoms with van der Waals surface area (Å²) in [5, 5.41) is 3.36. The Kier molecular flexibility index (Phi) is 3.77. The molecule has 1 saturated carbocycles. The van der Waals surface area contributed by atoms with Crippen molar-refractivity contribution in [2.45, 2.75) is 23.9 Å². The molecule has 0 spiro atoms. The Morgan fingerprint density at radius 3 is 2.71 bits per heavy atom. The molecule has 0 unspecified atom stereocenters. The first-order chi connectivity index (χ1) is 9.81. The van der Waals surface area contributed by atoms with Crippen LogP contribution in [-0.4, -0.2) is 51.7 Å². The third kappa shape index (κ3) is 2.95. The van der Waals surface area contributed by atoms with Crippen LogP contribution in [0.5, 0.6) is 0 Å². The number of nitrogens with zero attached hydrogens (tertiary/aromatic N) is 2. The summed E-state index contributed by atoms with van der Waals surface area (Å²) >= 11 is 6.06. The van der Waals surface area contributed by atoms with Crippen molar-refractivity contribution in [3.8, 4) is 0 Å². The van der Waals surface area contributed by atoms with Gasteiger partial charge in [0.2, 0.25) is 10.0 Å². The summed E-state index contributed by atoms with van der Waals surface area (Å²) in [6, 6.07) is 0. The van der Waals surface area contributed by atoms with Crippen molar-refractivity contribution >= 4 is 31.6 Å². The highest BCUT2D eigenvalue weighted by Gasteiger charge is 2.38. The topological polar surface area (TPSA) is 110 Å². The van der Waals surface area contributed by atoms with Crippen LogP contribution in [0.3, 0.4) is 0 Å². The summed E-state index contributed by atoms with van der Waals surface area (Å²) in [5.74, 6) is -0.135.